The summed E-state index contributed by atoms with van der Waals surface area (Å²) in [6.45, 7) is 0. The molecule has 8 heteroatoms. The smallest absolute Gasteiger partial charge is 0.271 e. The minimum Gasteiger partial charge on any atom is -0.365 e. The number of carbonyl (C=O) groups is 2. The molecule has 1 fully saturated rings. The number of primary amides is 1. The minimum absolute atomic E-state index is 0.141. The Kier molecular flexibility index (Phi) is 2.28. The number of nitrogens with zero attached hydrogens (tertiary/aromatic N) is 1. The van der Waals surface area contributed by atoms with Crippen molar-refractivity contribution >= 4 is 21.8 Å². The van der Waals surface area contributed by atoms with Crippen molar-refractivity contribution in [3.05, 3.63) is 0 Å². The van der Waals surface area contributed by atoms with Gasteiger partial charge >= 0.3 is 0 Å². The molecule has 14 heavy (non-hydrogen) atoms. The van der Waals surface area contributed by atoms with E-state index in [1.807, 2.05) is 0 Å². The van der Waals surface area contributed by atoms with Crippen LogP contribution in [0.25, 0.3) is 0 Å². The Bertz CT molecular complexity index is 389. The Labute approximate surface area is 80.5 Å². The van der Waals surface area contributed by atoms with Crippen LogP contribution in [0.2, 0.25) is 0 Å². The van der Waals surface area contributed by atoms with E-state index in [1.165, 1.54) is 0 Å². The van der Waals surface area contributed by atoms with Gasteiger partial charge in [0.05, 0.1) is 6.26 Å². The fourth-order valence-corrected chi connectivity index (χ4v) is 2.56. The van der Waals surface area contributed by atoms with Crippen molar-refractivity contribution in [2.45, 2.75) is 18.6 Å². The lowest BCUT2D eigenvalue weighted by Gasteiger charge is -2.27. The Morgan fingerprint density at radius 3 is 2.43 bits per heavy atom. The van der Waals surface area contributed by atoms with Crippen LogP contribution in [0, 0.1) is 0 Å². The van der Waals surface area contributed by atoms with Crippen molar-refractivity contribution in [3.63, 3.8) is 0 Å². The molecule has 0 spiro atoms. The molecule has 0 bridgehead atoms. The molecule has 2 amide bonds. The summed E-state index contributed by atoms with van der Waals surface area (Å²) in [4.78, 5) is 22.0. The predicted molar refractivity (Wildman–Crippen MR) is 45.1 cm³/mol. The van der Waals surface area contributed by atoms with Crippen molar-refractivity contribution in [2.24, 2.45) is 5.73 Å². The third-order valence-electron chi connectivity index (χ3n) is 1.98. The minimum atomic E-state index is -3.97. The first-order valence-corrected chi connectivity index (χ1v) is 5.60. The zero-order valence-electron chi connectivity index (χ0n) is 7.43. The molecule has 80 valence electrons. The molecule has 3 N–H and O–H groups in total. The molecule has 0 radical (unpaired) electrons. The van der Waals surface area contributed by atoms with Crippen LogP contribution in [0.4, 0.5) is 0 Å². The van der Waals surface area contributed by atoms with E-state index in [-0.39, 0.29) is 17.1 Å². The van der Waals surface area contributed by atoms with Crippen molar-refractivity contribution in [1.29, 1.82) is 0 Å². The fourth-order valence-electron chi connectivity index (χ4n) is 1.37. The van der Waals surface area contributed by atoms with Crippen molar-refractivity contribution < 1.29 is 23.1 Å². The van der Waals surface area contributed by atoms with Gasteiger partial charge in [0.25, 0.3) is 5.91 Å². The van der Waals surface area contributed by atoms with Crippen LogP contribution in [0.15, 0.2) is 0 Å². The van der Waals surface area contributed by atoms with E-state index in [4.69, 9.17) is 5.73 Å². The molecule has 7 nitrogen and oxygen atoms in total. The molecule has 1 aliphatic rings. The molecule has 1 rings (SSSR count). The van der Waals surface area contributed by atoms with Crippen LogP contribution in [0.1, 0.15) is 12.8 Å². The molecule has 0 aromatic rings. The average Bonchev–Trinajstić information content (AvgIpc) is 2.26. The summed E-state index contributed by atoms with van der Waals surface area (Å²) in [5.41, 5.74) is 2.44. The van der Waals surface area contributed by atoms with E-state index in [0.29, 0.717) is 0 Å². The Morgan fingerprint density at radius 2 is 2.14 bits per heavy atom. The van der Waals surface area contributed by atoms with Crippen LogP contribution in [-0.4, -0.2) is 41.6 Å². The lowest BCUT2D eigenvalue weighted by atomic mass is 10.1. The quantitative estimate of drug-likeness (QED) is 0.546. The standard InChI is InChI=1S/C6H10N2O5S/c1-14(12,13)8-4(9)2-3-6(8,11)5(7)10/h11H,2-3H2,1H3,(H2,7,10). The van der Waals surface area contributed by atoms with Gasteiger partial charge in [-0.05, 0) is 0 Å². The summed E-state index contributed by atoms with van der Waals surface area (Å²) >= 11 is 0. The van der Waals surface area contributed by atoms with Crippen LogP contribution in [-0.2, 0) is 19.6 Å². The van der Waals surface area contributed by atoms with Crippen LogP contribution in [0.3, 0.4) is 0 Å². The highest BCUT2D eigenvalue weighted by Crippen LogP contribution is 2.29. The van der Waals surface area contributed by atoms with Gasteiger partial charge in [-0.2, -0.15) is 4.31 Å². The molecule has 1 aliphatic heterocycles. The summed E-state index contributed by atoms with van der Waals surface area (Å²) in [6.07, 6.45) is 0.213. The molecule has 0 aromatic heterocycles. The van der Waals surface area contributed by atoms with Crippen LogP contribution >= 0.6 is 0 Å². The van der Waals surface area contributed by atoms with Crippen molar-refractivity contribution in [2.75, 3.05) is 6.26 Å². The van der Waals surface area contributed by atoms with E-state index in [2.05, 4.69) is 0 Å². The molecular weight excluding hydrogens is 212 g/mol. The van der Waals surface area contributed by atoms with E-state index in [0.717, 1.165) is 6.26 Å². The number of amides is 2. The summed E-state index contributed by atoms with van der Waals surface area (Å²) in [5.74, 6) is -2.07. The highest BCUT2D eigenvalue weighted by Gasteiger charge is 2.53. The number of sulfonamides is 1. The lowest BCUT2D eigenvalue weighted by molar-refractivity contribution is -0.151. The van der Waals surface area contributed by atoms with E-state index in [1.54, 1.807) is 0 Å². The van der Waals surface area contributed by atoms with Gasteiger partial charge in [0.15, 0.2) is 0 Å². The zero-order valence-corrected chi connectivity index (χ0v) is 8.24. The monoisotopic (exact) mass is 222 g/mol. The second-order valence-corrected chi connectivity index (χ2v) is 4.93. The maximum absolute atomic E-state index is 11.1. The predicted octanol–water partition coefficient (Wildman–Crippen LogP) is -2.26. The second kappa shape index (κ2) is 2.92. The number of aliphatic hydroxyl groups is 1. The van der Waals surface area contributed by atoms with Gasteiger partial charge in [0.1, 0.15) is 0 Å². The summed E-state index contributed by atoms with van der Waals surface area (Å²) < 4.78 is 22.3. The third kappa shape index (κ3) is 1.46. The van der Waals surface area contributed by atoms with E-state index in [9.17, 15) is 23.1 Å². The average molecular weight is 222 g/mol. The highest BCUT2D eigenvalue weighted by molar-refractivity contribution is 7.89. The van der Waals surface area contributed by atoms with Crippen molar-refractivity contribution in [3.8, 4) is 0 Å². The van der Waals surface area contributed by atoms with Gasteiger partial charge in [0, 0.05) is 12.8 Å². The Hall–Kier alpha value is -1.15. The van der Waals surface area contributed by atoms with Crippen molar-refractivity contribution in [1.82, 2.24) is 4.31 Å². The molecule has 0 saturated carbocycles. The zero-order chi connectivity index (χ0) is 11.1. The number of nitrogens with two attached hydrogens (primary N) is 1. The largest absolute Gasteiger partial charge is 0.365 e. The van der Waals surface area contributed by atoms with Gasteiger partial charge in [0.2, 0.25) is 21.7 Å². The molecule has 1 unspecified atom stereocenters. The number of carbonyl (C=O) groups excluding carboxylic acids is 2. The van der Waals surface area contributed by atoms with E-state index < -0.39 is 27.6 Å². The maximum atomic E-state index is 11.1. The Morgan fingerprint density at radius 1 is 1.64 bits per heavy atom. The van der Waals surface area contributed by atoms with Gasteiger partial charge < -0.3 is 10.8 Å². The van der Waals surface area contributed by atoms with Gasteiger partial charge in [-0.15, -0.1) is 0 Å². The topological polar surface area (TPSA) is 118 Å². The normalized spacial score (nSPS) is 28.1. The molecular formula is C6H10N2O5S. The summed E-state index contributed by atoms with van der Waals surface area (Å²) in [7, 11) is -3.97. The molecule has 1 saturated heterocycles. The van der Waals surface area contributed by atoms with Crippen LogP contribution in [0.5, 0.6) is 0 Å². The summed E-state index contributed by atoms with van der Waals surface area (Å²) in [6, 6.07) is 0. The van der Waals surface area contributed by atoms with Crippen LogP contribution < -0.4 is 5.73 Å². The second-order valence-electron chi connectivity index (χ2n) is 3.10. The third-order valence-corrected chi connectivity index (χ3v) is 3.15. The van der Waals surface area contributed by atoms with Gasteiger partial charge in [-0.3, -0.25) is 9.59 Å². The first kappa shape index (κ1) is 10.9. The highest BCUT2D eigenvalue weighted by atomic mass is 32.2. The SMILES string of the molecule is CS(=O)(=O)N1C(=O)CCC1(O)C(N)=O. The van der Waals surface area contributed by atoms with Gasteiger partial charge in [-0.1, -0.05) is 0 Å². The molecule has 1 heterocycles. The fraction of sp³-hybridized carbons (Fsp3) is 0.667. The molecule has 1 atom stereocenters. The Balaban J connectivity index is 3.25. The van der Waals surface area contributed by atoms with E-state index >= 15 is 0 Å². The number of hydrogen-bond donors (Lipinski definition) is 2. The molecule has 0 aliphatic carbocycles. The maximum Gasteiger partial charge on any atom is 0.271 e. The number of rotatable bonds is 2. The molecule has 0 aromatic carbocycles. The van der Waals surface area contributed by atoms with Gasteiger partial charge in [-0.25, -0.2) is 8.42 Å². The first-order valence-electron chi connectivity index (χ1n) is 3.75. The first-order chi connectivity index (χ1) is 6.19. The number of hydrogen-bond acceptors (Lipinski definition) is 5. The summed E-state index contributed by atoms with van der Waals surface area (Å²) in [5, 5.41) is 9.59. The lowest BCUT2D eigenvalue weighted by Crippen LogP contribution is -2.56.